The molecule has 1 aromatic carbocycles. The van der Waals surface area contributed by atoms with Crippen molar-refractivity contribution in [1.82, 2.24) is 4.98 Å². The van der Waals surface area contributed by atoms with E-state index in [4.69, 9.17) is 59.4 Å². The summed E-state index contributed by atoms with van der Waals surface area (Å²) in [6, 6.07) is 9.95. The topological polar surface area (TPSA) is 93.5 Å². The molecule has 2 N–H and O–H groups in total. The Bertz CT molecular complexity index is 1260. The van der Waals surface area contributed by atoms with Gasteiger partial charge in [0.15, 0.2) is 0 Å². The van der Waals surface area contributed by atoms with Crippen LogP contribution in [0.15, 0.2) is 41.7 Å². The van der Waals surface area contributed by atoms with Crippen LogP contribution >= 0.6 is 0 Å². The molecule has 3 aliphatic rings. The highest BCUT2D eigenvalue weighted by Gasteiger charge is 2.68. The van der Waals surface area contributed by atoms with E-state index in [1.165, 1.54) is 6.20 Å². The molecule has 1 aromatic heterocycles. The maximum absolute atomic E-state index is 9.31. The van der Waals surface area contributed by atoms with Crippen molar-refractivity contribution in [3.63, 3.8) is 0 Å². The lowest BCUT2D eigenvalue weighted by molar-refractivity contribution is -0.0743. The number of pyridine rings is 1. The zero-order valence-electron chi connectivity index (χ0n) is 19.6. The molecule has 164 valence electrons. The molecule has 0 bridgehead atoms. The van der Waals surface area contributed by atoms with Crippen molar-refractivity contribution in [2.24, 2.45) is 22.1 Å². The number of hydrogen-bond acceptors (Lipinski definition) is 6. The Morgan fingerprint density at radius 3 is 2.60 bits per heavy atom. The van der Waals surface area contributed by atoms with Crippen molar-refractivity contribution in [1.29, 1.82) is 5.26 Å². The largest absolute Gasteiger partial charge is 0.476 e. The standard InChI is InChI=1S/C24H21B5N4O2/c1-13-8-21(5-4-19(13)34-24(27,28)29)9-16-3-2-15(17-6-14(10-30)11-32-12-17)7-18(16)22(21)23(25,26)35-20(31)33-22/h2-3,6-7,11-13,19H,4-5,8-9H2,1H3,(H2,31,33)/t13-,19-,21-,22-/m0/s1. The smallest absolute Gasteiger partial charge is 0.281 e. The number of rotatable bonds is 3. The summed E-state index contributed by atoms with van der Waals surface area (Å²) < 4.78 is 11.5. The van der Waals surface area contributed by atoms with Gasteiger partial charge < -0.3 is 15.2 Å². The molecular formula is C24H21B5N4O2. The Morgan fingerprint density at radius 1 is 1.20 bits per heavy atom. The summed E-state index contributed by atoms with van der Waals surface area (Å²) in [6.07, 6.45) is 5.66. The fraction of sp³-hybridized carbons (Fsp3) is 0.458. The van der Waals surface area contributed by atoms with Crippen LogP contribution in [0.2, 0.25) is 0 Å². The number of nitrogens with zero attached hydrogens (tertiary/aromatic N) is 3. The van der Waals surface area contributed by atoms with E-state index in [0.717, 1.165) is 22.3 Å². The molecule has 1 aliphatic heterocycles. The van der Waals surface area contributed by atoms with Crippen molar-refractivity contribution in [3.8, 4) is 17.2 Å². The second kappa shape index (κ2) is 7.96. The molecule has 0 unspecified atom stereocenters. The number of aliphatic imine (C=N–C) groups is 1. The van der Waals surface area contributed by atoms with Crippen LogP contribution in [-0.4, -0.2) is 67.0 Å². The first-order chi connectivity index (χ1) is 16.4. The van der Waals surface area contributed by atoms with Crippen molar-refractivity contribution in [3.05, 3.63) is 53.3 Å². The van der Waals surface area contributed by atoms with Crippen LogP contribution < -0.4 is 5.73 Å². The van der Waals surface area contributed by atoms with E-state index in [0.29, 0.717) is 31.2 Å². The average Bonchev–Trinajstić information content (AvgIpc) is 3.19. The predicted octanol–water partition coefficient (Wildman–Crippen LogP) is 1.02. The molecule has 0 amide bonds. The molecule has 10 radical (unpaired) electrons. The monoisotopic (exact) mass is 452 g/mol. The van der Waals surface area contributed by atoms with Crippen LogP contribution in [0.25, 0.3) is 11.1 Å². The van der Waals surface area contributed by atoms with Gasteiger partial charge in [-0.2, -0.15) is 5.26 Å². The normalized spacial score (nSPS) is 31.0. The van der Waals surface area contributed by atoms with E-state index in [1.807, 2.05) is 12.1 Å². The number of ether oxygens (including phenoxy) is 2. The molecule has 4 atom stereocenters. The van der Waals surface area contributed by atoms with E-state index in [1.54, 1.807) is 12.3 Å². The molecular weight excluding hydrogens is 430 g/mol. The van der Waals surface area contributed by atoms with Crippen molar-refractivity contribution >= 4 is 45.3 Å². The van der Waals surface area contributed by atoms with E-state index < -0.39 is 21.7 Å². The lowest BCUT2D eigenvalue weighted by atomic mass is 9.44. The third kappa shape index (κ3) is 3.73. The second-order valence-electron chi connectivity index (χ2n) is 10.2. The van der Waals surface area contributed by atoms with E-state index in [-0.39, 0.29) is 18.0 Å². The van der Waals surface area contributed by atoms with Crippen molar-refractivity contribution in [2.75, 3.05) is 0 Å². The van der Waals surface area contributed by atoms with Gasteiger partial charge in [-0.1, -0.05) is 19.1 Å². The minimum Gasteiger partial charge on any atom is -0.476 e. The summed E-state index contributed by atoms with van der Waals surface area (Å²) in [5, 5.41) is 5.92. The number of nitrogens with two attached hydrogens (primary N) is 1. The molecule has 2 heterocycles. The Balaban J connectivity index is 1.62. The summed E-state index contributed by atoms with van der Waals surface area (Å²) in [5.74, 6) is 0.0359. The minimum absolute atomic E-state index is 0.0359. The van der Waals surface area contributed by atoms with Gasteiger partial charge in [-0.25, -0.2) is 4.99 Å². The van der Waals surface area contributed by atoms with Gasteiger partial charge in [-0.15, -0.1) is 0 Å². The van der Waals surface area contributed by atoms with Crippen LogP contribution in [0.1, 0.15) is 42.9 Å². The Labute approximate surface area is 212 Å². The zero-order valence-corrected chi connectivity index (χ0v) is 19.6. The predicted molar refractivity (Wildman–Crippen MR) is 137 cm³/mol. The van der Waals surface area contributed by atoms with Gasteiger partial charge in [-0.3, -0.25) is 4.98 Å². The molecule has 11 heteroatoms. The van der Waals surface area contributed by atoms with Gasteiger partial charge >= 0.3 is 0 Å². The second-order valence-corrected chi connectivity index (χ2v) is 10.2. The number of aromatic nitrogens is 1. The van der Waals surface area contributed by atoms with Gasteiger partial charge in [0.25, 0.3) is 6.02 Å². The number of fused-ring (bicyclic) bond motifs is 3. The Hall–Kier alpha value is -2.59. The van der Waals surface area contributed by atoms with Gasteiger partial charge in [0.1, 0.15) is 27.3 Å². The van der Waals surface area contributed by atoms with Crippen molar-refractivity contribution < 1.29 is 9.47 Å². The number of benzene rings is 1. The third-order valence-corrected chi connectivity index (χ3v) is 7.72. The van der Waals surface area contributed by atoms with Crippen LogP contribution in [0.5, 0.6) is 0 Å². The first kappa shape index (κ1) is 24.1. The summed E-state index contributed by atoms with van der Waals surface area (Å²) in [4.78, 5) is 9.03. The number of nitriles is 1. The van der Waals surface area contributed by atoms with E-state index in [9.17, 15) is 5.26 Å². The number of amidine groups is 1. The van der Waals surface area contributed by atoms with Crippen LogP contribution in [0.4, 0.5) is 0 Å². The fourth-order valence-electron chi connectivity index (χ4n) is 6.49. The van der Waals surface area contributed by atoms with Crippen LogP contribution in [0, 0.1) is 22.7 Å². The van der Waals surface area contributed by atoms with Gasteiger partial charge in [0.05, 0.1) is 40.6 Å². The molecule has 35 heavy (non-hydrogen) atoms. The Kier molecular flexibility index (Phi) is 5.49. The lowest BCUT2D eigenvalue weighted by Crippen LogP contribution is -2.60. The Morgan fingerprint density at radius 2 is 1.97 bits per heavy atom. The summed E-state index contributed by atoms with van der Waals surface area (Å²) >= 11 is 0. The molecule has 5 rings (SSSR count). The maximum atomic E-state index is 9.31. The first-order valence-electron chi connectivity index (χ1n) is 11.6. The first-order valence-corrected chi connectivity index (χ1v) is 11.6. The minimum atomic E-state index is -1.72. The summed E-state index contributed by atoms with van der Waals surface area (Å²) in [6.45, 7) is 2.07. The molecule has 2 spiro atoms. The van der Waals surface area contributed by atoms with E-state index in [2.05, 4.69) is 24.0 Å². The third-order valence-electron chi connectivity index (χ3n) is 7.72. The van der Waals surface area contributed by atoms with Crippen LogP contribution in [-0.2, 0) is 21.4 Å². The SMILES string of the molecule is [B]C([B])([B])O[C@H]1CC[C@@]2(Cc3ccc(-c4cncc(C#N)c4)cc3[C@]23N=C(N)OC3([B])[B])C[C@@H]1C. The molecule has 2 aromatic rings. The van der Waals surface area contributed by atoms with E-state index >= 15 is 0 Å². The maximum Gasteiger partial charge on any atom is 0.281 e. The molecule has 1 fully saturated rings. The summed E-state index contributed by atoms with van der Waals surface area (Å²) in [7, 11) is 30.5. The lowest BCUT2D eigenvalue weighted by Gasteiger charge is -2.54. The zero-order chi connectivity index (χ0) is 25.2. The van der Waals surface area contributed by atoms with Gasteiger partial charge in [0, 0.05) is 23.4 Å². The average molecular weight is 452 g/mol. The highest BCUT2D eigenvalue weighted by Crippen LogP contribution is 2.66. The fourth-order valence-corrected chi connectivity index (χ4v) is 6.49. The van der Waals surface area contributed by atoms with Crippen LogP contribution in [0.3, 0.4) is 0 Å². The molecule has 2 aliphatic carbocycles. The highest BCUT2D eigenvalue weighted by atomic mass is 16.5. The van der Waals surface area contributed by atoms with Gasteiger partial charge in [0.2, 0.25) is 0 Å². The van der Waals surface area contributed by atoms with Crippen molar-refractivity contribution in [2.45, 2.75) is 54.9 Å². The number of hydrogen-bond donors (Lipinski definition) is 1. The van der Waals surface area contributed by atoms with Gasteiger partial charge in [-0.05, 0) is 65.7 Å². The highest BCUT2D eigenvalue weighted by molar-refractivity contribution is 6.58. The molecule has 0 saturated heterocycles. The summed E-state index contributed by atoms with van der Waals surface area (Å²) in [5.41, 5.74) is 8.55. The molecule has 1 saturated carbocycles. The molecule has 6 nitrogen and oxygen atoms in total. The quantitative estimate of drug-likeness (QED) is 0.704.